The van der Waals surface area contributed by atoms with Gasteiger partial charge in [0.2, 0.25) is 0 Å². The number of hydrogen-bond donors (Lipinski definition) is 0. The first-order chi connectivity index (χ1) is 11.1. The normalized spacial score (nSPS) is 10.7. The van der Waals surface area contributed by atoms with Crippen LogP contribution >= 0.6 is 0 Å². The highest BCUT2D eigenvalue weighted by atomic mass is 16.5. The van der Waals surface area contributed by atoms with Crippen LogP contribution in [0.5, 0.6) is 0 Å². The van der Waals surface area contributed by atoms with E-state index in [0.29, 0.717) is 5.56 Å². The molecular weight excluding hydrogens is 290 g/mol. The quantitative estimate of drug-likeness (QED) is 0.696. The Balaban J connectivity index is 2.43. The summed E-state index contributed by atoms with van der Waals surface area (Å²) in [6, 6.07) is 16.9. The first-order valence-electron chi connectivity index (χ1n) is 7.52. The molecule has 0 radical (unpaired) electrons. The van der Waals surface area contributed by atoms with Crippen molar-refractivity contribution < 1.29 is 9.53 Å². The second kappa shape index (κ2) is 6.08. The zero-order valence-electron chi connectivity index (χ0n) is 13.1. The monoisotopic (exact) mass is 307 g/mol. The van der Waals surface area contributed by atoms with Crippen molar-refractivity contribution in [2.24, 2.45) is 0 Å². The van der Waals surface area contributed by atoms with Crippen molar-refractivity contribution in [3.05, 3.63) is 76.1 Å². The van der Waals surface area contributed by atoms with Gasteiger partial charge in [-0.15, -0.1) is 0 Å². The summed E-state index contributed by atoms with van der Waals surface area (Å²) in [7, 11) is 0. The fourth-order valence-electron chi connectivity index (χ4n) is 2.78. The minimum Gasteiger partial charge on any atom is -0.462 e. The molecule has 0 unspecified atom stereocenters. The van der Waals surface area contributed by atoms with Crippen LogP contribution in [-0.2, 0) is 4.74 Å². The van der Waals surface area contributed by atoms with Gasteiger partial charge in [-0.2, -0.15) is 0 Å². The number of nitrogens with zero attached hydrogens (tertiary/aromatic N) is 1. The molecule has 0 aliphatic rings. The van der Waals surface area contributed by atoms with Crippen LogP contribution in [0, 0.1) is 6.92 Å². The molecule has 1 heterocycles. The second-order valence-corrected chi connectivity index (χ2v) is 5.21. The summed E-state index contributed by atoms with van der Waals surface area (Å²) in [6.45, 7) is 3.74. The number of aryl methyl sites for hydroxylation is 1. The lowest BCUT2D eigenvalue weighted by atomic mass is 10.0. The van der Waals surface area contributed by atoms with E-state index >= 15 is 0 Å². The van der Waals surface area contributed by atoms with Crippen molar-refractivity contribution in [2.75, 3.05) is 6.61 Å². The minimum atomic E-state index is -0.578. The van der Waals surface area contributed by atoms with Gasteiger partial charge in [-0.05, 0) is 37.6 Å². The van der Waals surface area contributed by atoms with Crippen LogP contribution in [0.1, 0.15) is 22.8 Å². The van der Waals surface area contributed by atoms with Crippen molar-refractivity contribution in [1.29, 1.82) is 0 Å². The van der Waals surface area contributed by atoms with E-state index in [-0.39, 0.29) is 17.7 Å². The van der Waals surface area contributed by atoms with Gasteiger partial charge in [0.25, 0.3) is 5.56 Å². The largest absolute Gasteiger partial charge is 0.462 e. The Morgan fingerprint density at radius 3 is 2.39 bits per heavy atom. The first kappa shape index (κ1) is 15.0. The lowest BCUT2D eigenvalue weighted by Crippen LogP contribution is -2.28. The number of esters is 1. The molecule has 0 fully saturated rings. The maximum absolute atomic E-state index is 13.0. The number of aromatic nitrogens is 1. The average molecular weight is 307 g/mol. The molecule has 0 bridgehead atoms. The summed E-state index contributed by atoms with van der Waals surface area (Å²) in [5.74, 6) is -0.578. The Labute approximate surface area is 133 Å². The third-order valence-electron chi connectivity index (χ3n) is 3.83. The molecule has 23 heavy (non-hydrogen) atoms. The number of fused-ring (bicyclic) bond motifs is 1. The molecule has 1 aromatic heterocycles. The molecule has 0 atom stereocenters. The van der Waals surface area contributed by atoms with Crippen molar-refractivity contribution in [3.8, 4) is 5.69 Å². The van der Waals surface area contributed by atoms with E-state index in [1.807, 2.05) is 54.6 Å². The molecule has 2 aromatic carbocycles. The number of ether oxygens (including phenoxy) is 1. The molecule has 0 N–H and O–H groups in total. The number of rotatable bonds is 3. The lowest BCUT2D eigenvalue weighted by Gasteiger charge is -2.15. The summed E-state index contributed by atoms with van der Waals surface area (Å²) >= 11 is 0. The van der Waals surface area contributed by atoms with Gasteiger partial charge in [0.05, 0.1) is 12.1 Å². The zero-order chi connectivity index (χ0) is 16.4. The van der Waals surface area contributed by atoms with Gasteiger partial charge >= 0.3 is 5.97 Å². The van der Waals surface area contributed by atoms with Crippen molar-refractivity contribution in [1.82, 2.24) is 4.57 Å². The van der Waals surface area contributed by atoms with E-state index in [0.717, 1.165) is 16.6 Å². The Hall–Kier alpha value is -2.88. The van der Waals surface area contributed by atoms with Gasteiger partial charge in [-0.25, -0.2) is 4.79 Å². The summed E-state index contributed by atoms with van der Waals surface area (Å²) < 4.78 is 6.64. The van der Waals surface area contributed by atoms with Gasteiger partial charge in [-0.3, -0.25) is 9.36 Å². The number of pyridine rings is 1. The van der Waals surface area contributed by atoms with E-state index in [2.05, 4.69) is 0 Å². The zero-order valence-corrected chi connectivity index (χ0v) is 13.1. The molecular formula is C19H17NO3. The van der Waals surface area contributed by atoms with Crippen LogP contribution in [-0.4, -0.2) is 17.1 Å². The minimum absolute atomic E-state index is 0.0920. The summed E-state index contributed by atoms with van der Waals surface area (Å²) in [6.07, 6.45) is 0. The van der Waals surface area contributed by atoms with E-state index < -0.39 is 5.97 Å². The van der Waals surface area contributed by atoms with E-state index in [1.165, 1.54) is 0 Å². The predicted molar refractivity (Wildman–Crippen MR) is 90.2 cm³/mol. The molecule has 0 amide bonds. The Bertz CT molecular complexity index is 926. The van der Waals surface area contributed by atoms with Crippen molar-refractivity contribution >= 4 is 16.9 Å². The maximum Gasteiger partial charge on any atom is 0.344 e. The van der Waals surface area contributed by atoms with Crippen molar-refractivity contribution in [2.45, 2.75) is 13.8 Å². The SMILES string of the molecule is CCOC(=O)c1c(C)c2ccccc2n(-c2ccccc2)c1=O. The smallest absolute Gasteiger partial charge is 0.344 e. The van der Waals surface area contributed by atoms with Crippen LogP contribution in [0.3, 0.4) is 0 Å². The summed E-state index contributed by atoms with van der Waals surface area (Å²) in [4.78, 5) is 25.3. The van der Waals surface area contributed by atoms with E-state index in [9.17, 15) is 9.59 Å². The number of carbonyl (C=O) groups excluding carboxylic acids is 1. The molecule has 0 saturated heterocycles. The Morgan fingerprint density at radius 2 is 1.70 bits per heavy atom. The summed E-state index contributed by atoms with van der Waals surface area (Å²) in [5.41, 5.74) is 1.88. The van der Waals surface area contributed by atoms with Gasteiger partial charge < -0.3 is 4.74 Å². The maximum atomic E-state index is 13.0. The third kappa shape index (κ3) is 2.52. The number of benzene rings is 2. The van der Waals surface area contributed by atoms with Crippen LogP contribution in [0.2, 0.25) is 0 Å². The third-order valence-corrected chi connectivity index (χ3v) is 3.83. The summed E-state index contributed by atoms with van der Waals surface area (Å²) in [5, 5.41) is 0.860. The first-order valence-corrected chi connectivity index (χ1v) is 7.52. The highest BCUT2D eigenvalue weighted by Gasteiger charge is 2.21. The highest BCUT2D eigenvalue weighted by molar-refractivity contribution is 5.97. The van der Waals surface area contributed by atoms with Gasteiger partial charge in [-0.1, -0.05) is 36.4 Å². The molecule has 0 aliphatic carbocycles. The molecule has 4 nitrogen and oxygen atoms in total. The van der Waals surface area contributed by atoms with E-state index in [1.54, 1.807) is 18.4 Å². The van der Waals surface area contributed by atoms with Crippen LogP contribution in [0.25, 0.3) is 16.6 Å². The van der Waals surface area contributed by atoms with Crippen LogP contribution in [0.4, 0.5) is 0 Å². The Morgan fingerprint density at radius 1 is 1.04 bits per heavy atom. The van der Waals surface area contributed by atoms with Gasteiger partial charge in [0.1, 0.15) is 5.56 Å². The fourth-order valence-corrected chi connectivity index (χ4v) is 2.78. The lowest BCUT2D eigenvalue weighted by molar-refractivity contribution is 0.0523. The fraction of sp³-hybridized carbons (Fsp3) is 0.158. The Kier molecular flexibility index (Phi) is 3.98. The molecule has 0 aliphatic heterocycles. The molecule has 3 aromatic rings. The number of carbonyl (C=O) groups is 1. The topological polar surface area (TPSA) is 48.3 Å². The molecule has 0 spiro atoms. The highest BCUT2D eigenvalue weighted by Crippen LogP contribution is 2.22. The van der Waals surface area contributed by atoms with Crippen LogP contribution < -0.4 is 5.56 Å². The molecule has 3 rings (SSSR count). The predicted octanol–water partition coefficient (Wildman–Crippen LogP) is 3.48. The van der Waals surface area contributed by atoms with Crippen molar-refractivity contribution in [3.63, 3.8) is 0 Å². The molecule has 0 saturated carbocycles. The average Bonchev–Trinajstić information content (AvgIpc) is 2.56. The van der Waals surface area contributed by atoms with E-state index in [4.69, 9.17) is 4.74 Å². The molecule has 4 heteroatoms. The van der Waals surface area contributed by atoms with Crippen LogP contribution in [0.15, 0.2) is 59.4 Å². The number of para-hydroxylation sites is 2. The van der Waals surface area contributed by atoms with Gasteiger partial charge in [0, 0.05) is 11.1 Å². The second-order valence-electron chi connectivity index (χ2n) is 5.21. The molecule has 116 valence electrons. The number of hydrogen-bond acceptors (Lipinski definition) is 3. The van der Waals surface area contributed by atoms with Gasteiger partial charge in [0.15, 0.2) is 0 Å². The standard InChI is InChI=1S/C19H17NO3/c1-3-23-19(22)17-13(2)15-11-7-8-12-16(15)20(18(17)21)14-9-5-4-6-10-14/h4-12H,3H2,1-2H3.